The molecule has 1 spiro atoms. The Kier molecular flexibility index (Phi) is 0.953. The van der Waals surface area contributed by atoms with Crippen LogP contribution in [0.25, 0.3) is 0 Å². The molecule has 0 amide bonds. The van der Waals surface area contributed by atoms with Crippen molar-refractivity contribution in [2.75, 3.05) is 0 Å². The van der Waals surface area contributed by atoms with E-state index in [1.807, 2.05) is 0 Å². The Hall–Kier alpha value is -1.12. The average Bonchev–Trinajstić information content (AvgIpc) is 2.63. The van der Waals surface area contributed by atoms with E-state index in [1.54, 1.807) is 6.20 Å². The Morgan fingerprint density at radius 1 is 1.42 bits per heavy atom. The van der Waals surface area contributed by atoms with E-state index in [4.69, 9.17) is 0 Å². The lowest BCUT2D eigenvalue weighted by Gasteiger charge is -2.18. The minimum atomic E-state index is 0.280. The van der Waals surface area contributed by atoms with Crippen molar-refractivity contribution in [3.8, 4) is 0 Å². The molecule has 2 aliphatic rings. The summed E-state index contributed by atoms with van der Waals surface area (Å²) in [4.78, 5) is 11.5. The molecule has 3 heteroatoms. The number of fused-ring (bicyclic) bond motifs is 1. The maximum absolute atomic E-state index is 11.5. The van der Waals surface area contributed by atoms with Gasteiger partial charge in [0.15, 0.2) is 5.78 Å². The second kappa shape index (κ2) is 1.79. The first kappa shape index (κ1) is 6.40. The molecular weight excluding hydrogens is 152 g/mol. The van der Waals surface area contributed by atoms with Gasteiger partial charge in [-0.2, -0.15) is 5.10 Å². The van der Waals surface area contributed by atoms with E-state index in [1.165, 1.54) is 12.8 Å². The van der Waals surface area contributed by atoms with Crippen molar-refractivity contribution < 1.29 is 4.79 Å². The van der Waals surface area contributed by atoms with Crippen LogP contribution in [0.3, 0.4) is 0 Å². The molecule has 0 saturated heterocycles. The molecule has 2 aliphatic carbocycles. The van der Waals surface area contributed by atoms with Gasteiger partial charge < -0.3 is 0 Å². The zero-order valence-corrected chi connectivity index (χ0v) is 6.76. The Morgan fingerprint density at radius 2 is 2.25 bits per heavy atom. The number of rotatable bonds is 0. The first-order chi connectivity index (χ1) is 5.79. The molecule has 1 aromatic heterocycles. The number of nitrogens with zero attached hydrogens (tertiary/aromatic N) is 1. The highest BCUT2D eigenvalue weighted by atomic mass is 16.1. The molecule has 0 atom stereocenters. The summed E-state index contributed by atoms with van der Waals surface area (Å²) in [6, 6.07) is 0. The molecule has 1 aromatic rings. The molecule has 0 bridgehead atoms. The maximum atomic E-state index is 11.5. The fourth-order valence-electron chi connectivity index (χ4n) is 2.09. The van der Waals surface area contributed by atoms with Crippen LogP contribution < -0.4 is 0 Å². The standard InChI is InChI=1S/C9H10N2O/c12-8-4-9(1-2-9)3-7-6(8)5-10-11-7/h5H,1-4H2,(H,10,11). The Balaban J connectivity index is 2.10. The number of aromatic amines is 1. The number of aromatic nitrogens is 2. The van der Waals surface area contributed by atoms with Crippen molar-refractivity contribution in [2.24, 2.45) is 5.41 Å². The summed E-state index contributed by atoms with van der Waals surface area (Å²) < 4.78 is 0. The van der Waals surface area contributed by atoms with Gasteiger partial charge in [0.25, 0.3) is 0 Å². The van der Waals surface area contributed by atoms with Crippen molar-refractivity contribution >= 4 is 5.78 Å². The fraction of sp³-hybridized carbons (Fsp3) is 0.556. The zero-order chi connectivity index (χ0) is 8.18. The summed E-state index contributed by atoms with van der Waals surface area (Å²) in [7, 11) is 0. The molecule has 3 nitrogen and oxygen atoms in total. The molecule has 0 aliphatic heterocycles. The third-order valence-corrected chi connectivity index (χ3v) is 3.06. The van der Waals surface area contributed by atoms with Crippen LogP contribution in [0.1, 0.15) is 35.3 Å². The largest absolute Gasteiger partial charge is 0.294 e. The number of carbonyl (C=O) groups excluding carboxylic acids is 1. The van der Waals surface area contributed by atoms with Crippen LogP contribution in [0.2, 0.25) is 0 Å². The molecular formula is C9H10N2O. The zero-order valence-electron chi connectivity index (χ0n) is 6.76. The maximum Gasteiger partial charge on any atom is 0.166 e. The van der Waals surface area contributed by atoms with Crippen LogP contribution in [-0.2, 0) is 6.42 Å². The Morgan fingerprint density at radius 3 is 3.00 bits per heavy atom. The lowest BCUT2D eigenvalue weighted by atomic mass is 9.84. The van der Waals surface area contributed by atoms with Crippen molar-refractivity contribution in [3.05, 3.63) is 17.5 Å². The quantitative estimate of drug-likeness (QED) is 0.625. The SMILES string of the molecule is O=C1CC2(CC2)Cc2[nH]ncc21. The van der Waals surface area contributed by atoms with Gasteiger partial charge in [0.2, 0.25) is 0 Å². The summed E-state index contributed by atoms with van der Waals surface area (Å²) in [5.74, 6) is 0.280. The summed E-state index contributed by atoms with van der Waals surface area (Å²) in [6.45, 7) is 0. The molecule has 1 fully saturated rings. The molecule has 1 heterocycles. The van der Waals surface area contributed by atoms with Gasteiger partial charge in [-0.15, -0.1) is 0 Å². The van der Waals surface area contributed by atoms with Gasteiger partial charge in [-0.05, 0) is 24.7 Å². The highest BCUT2D eigenvalue weighted by Crippen LogP contribution is 2.54. The van der Waals surface area contributed by atoms with Gasteiger partial charge >= 0.3 is 0 Å². The van der Waals surface area contributed by atoms with Crippen LogP contribution in [0.15, 0.2) is 6.20 Å². The number of ketones is 1. The van der Waals surface area contributed by atoms with Gasteiger partial charge in [0.1, 0.15) is 0 Å². The first-order valence-corrected chi connectivity index (χ1v) is 4.35. The summed E-state index contributed by atoms with van der Waals surface area (Å²) >= 11 is 0. The van der Waals surface area contributed by atoms with E-state index < -0.39 is 0 Å². The van der Waals surface area contributed by atoms with E-state index in [0.717, 1.165) is 24.1 Å². The van der Waals surface area contributed by atoms with Crippen LogP contribution in [-0.4, -0.2) is 16.0 Å². The third-order valence-electron chi connectivity index (χ3n) is 3.06. The van der Waals surface area contributed by atoms with E-state index in [0.29, 0.717) is 5.41 Å². The highest BCUT2D eigenvalue weighted by molar-refractivity contribution is 5.98. The lowest BCUT2D eigenvalue weighted by molar-refractivity contribution is 0.0941. The van der Waals surface area contributed by atoms with E-state index in [-0.39, 0.29) is 5.78 Å². The van der Waals surface area contributed by atoms with Gasteiger partial charge in [-0.3, -0.25) is 9.89 Å². The summed E-state index contributed by atoms with van der Waals surface area (Å²) in [5, 5.41) is 6.81. The highest BCUT2D eigenvalue weighted by Gasteiger charge is 2.48. The second-order valence-electron chi connectivity index (χ2n) is 4.04. The van der Waals surface area contributed by atoms with Crippen LogP contribution in [0, 0.1) is 5.41 Å². The van der Waals surface area contributed by atoms with Crippen molar-refractivity contribution in [1.82, 2.24) is 10.2 Å². The number of H-pyrrole nitrogens is 1. The third kappa shape index (κ3) is 0.709. The lowest BCUT2D eigenvalue weighted by Crippen LogP contribution is -2.20. The number of hydrogen-bond donors (Lipinski definition) is 1. The van der Waals surface area contributed by atoms with Crippen LogP contribution >= 0.6 is 0 Å². The molecule has 62 valence electrons. The minimum Gasteiger partial charge on any atom is -0.294 e. The number of hydrogen-bond acceptors (Lipinski definition) is 2. The topological polar surface area (TPSA) is 45.8 Å². The van der Waals surface area contributed by atoms with Gasteiger partial charge in [-0.25, -0.2) is 0 Å². The Labute approximate surface area is 70.2 Å². The van der Waals surface area contributed by atoms with E-state index in [2.05, 4.69) is 10.2 Å². The van der Waals surface area contributed by atoms with Crippen molar-refractivity contribution in [3.63, 3.8) is 0 Å². The second-order valence-corrected chi connectivity index (χ2v) is 4.04. The molecule has 0 radical (unpaired) electrons. The average molecular weight is 162 g/mol. The number of carbonyl (C=O) groups is 1. The monoisotopic (exact) mass is 162 g/mol. The molecule has 12 heavy (non-hydrogen) atoms. The van der Waals surface area contributed by atoms with E-state index >= 15 is 0 Å². The fourth-order valence-corrected chi connectivity index (χ4v) is 2.09. The molecule has 1 saturated carbocycles. The van der Waals surface area contributed by atoms with Gasteiger partial charge in [-0.1, -0.05) is 0 Å². The summed E-state index contributed by atoms with van der Waals surface area (Å²) in [5.41, 5.74) is 2.23. The molecule has 0 unspecified atom stereocenters. The summed E-state index contributed by atoms with van der Waals surface area (Å²) in [6.07, 6.45) is 5.88. The molecule has 3 rings (SSSR count). The van der Waals surface area contributed by atoms with Gasteiger partial charge in [0.05, 0.1) is 11.8 Å². The van der Waals surface area contributed by atoms with Crippen LogP contribution in [0.4, 0.5) is 0 Å². The smallest absolute Gasteiger partial charge is 0.166 e. The predicted octanol–water partition coefficient (Wildman–Crippen LogP) is 1.32. The minimum absolute atomic E-state index is 0.280. The van der Waals surface area contributed by atoms with E-state index in [9.17, 15) is 4.79 Å². The van der Waals surface area contributed by atoms with Gasteiger partial charge in [0, 0.05) is 12.1 Å². The van der Waals surface area contributed by atoms with Crippen molar-refractivity contribution in [2.45, 2.75) is 25.7 Å². The van der Waals surface area contributed by atoms with Crippen molar-refractivity contribution in [1.29, 1.82) is 0 Å². The molecule has 0 aromatic carbocycles. The number of Topliss-reactive ketones (excluding diaryl/α,β-unsaturated/α-hetero) is 1. The molecule has 1 N–H and O–H groups in total. The first-order valence-electron chi connectivity index (χ1n) is 4.35. The number of nitrogens with one attached hydrogen (secondary N) is 1. The Bertz CT molecular complexity index is 349. The predicted molar refractivity (Wildman–Crippen MR) is 42.9 cm³/mol. The normalized spacial score (nSPS) is 24.2. The van der Waals surface area contributed by atoms with Crippen LogP contribution in [0.5, 0.6) is 0 Å².